The Morgan fingerprint density at radius 3 is 2.64 bits per heavy atom. The molecule has 0 spiro atoms. The molecule has 1 atom stereocenters. The third-order valence-corrected chi connectivity index (χ3v) is 5.99. The van der Waals surface area contributed by atoms with E-state index in [-0.39, 0.29) is 30.0 Å². The molecule has 0 radical (unpaired) electrons. The van der Waals surface area contributed by atoms with Gasteiger partial charge in [0.2, 0.25) is 10.0 Å². The van der Waals surface area contributed by atoms with Crippen molar-refractivity contribution in [2.75, 3.05) is 26.7 Å². The van der Waals surface area contributed by atoms with E-state index in [0.717, 1.165) is 5.56 Å². The number of hydrogen-bond donors (Lipinski definition) is 1. The highest BCUT2D eigenvalue weighted by molar-refractivity contribution is 7.89. The molecule has 8 nitrogen and oxygen atoms in total. The quantitative estimate of drug-likeness (QED) is 0.855. The zero-order valence-corrected chi connectivity index (χ0v) is 14.9. The molecule has 1 amide bonds. The fourth-order valence-corrected chi connectivity index (χ4v) is 4.15. The van der Waals surface area contributed by atoms with Gasteiger partial charge in [-0.15, -0.1) is 0 Å². The van der Waals surface area contributed by atoms with Crippen LogP contribution in [0.2, 0.25) is 0 Å². The van der Waals surface area contributed by atoms with Gasteiger partial charge in [-0.2, -0.15) is 9.40 Å². The number of morpholine rings is 1. The molecule has 3 rings (SSSR count). The number of ether oxygens (including phenoxy) is 1. The van der Waals surface area contributed by atoms with Crippen LogP contribution in [0.5, 0.6) is 0 Å². The van der Waals surface area contributed by atoms with Crippen molar-refractivity contribution in [3.63, 3.8) is 0 Å². The second-order valence-corrected chi connectivity index (χ2v) is 7.71. The van der Waals surface area contributed by atoms with Gasteiger partial charge in [-0.25, -0.2) is 8.42 Å². The summed E-state index contributed by atoms with van der Waals surface area (Å²) in [5.41, 5.74) is 1.26. The smallest absolute Gasteiger partial charge is 0.251 e. The summed E-state index contributed by atoms with van der Waals surface area (Å²) in [5.74, 6) is -0.257. The van der Waals surface area contributed by atoms with Crippen LogP contribution < -0.4 is 5.32 Å². The Balaban J connectivity index is 1.80. The molecule has 1 aliphatic heterocycles. The van der Waals surface area contributed by atoms with Gasteiger partial charge in [-0.1, -0.05) is 0 Å². The molecule has 25 heavy (non-hydrogen) atoms. The molecular formula is C16H20N4O4S. The lowest BCUT2D eigenvalue weighted by molar-refractivity contribution is -0.00259. The van der Waals surface area contributed by atoms with E-state index < -0.39 is 10.0 Å². The third-order valence-electron chi connectivity index (χ3n) is 4.11. The number of benzene rings is 1. The van der Waals surface area contributed by atoms with E-state index in [9.17, 15) is 13.2 Å². The summed E-state index contributed by atoms with van der Waals surface area (Å²) < 4.78 is 34.5. The molecule has 2 heterocycles. The number of carbonyl (C=O) groups is 1. The summed E-state index contributed by atoms with van der Waals surface area (Å²) in [6.07, 6.45) is 3.15. The zero-order valence-electron chi connectivity index (χ0n) is 14.0. The molecule has 1 aliphatic rings. The summed E-state index contributed by atoms with van der Waals surface area (Å²) in [5, 5.41) is 6.61. The standard InChI is InChI=1S/C16H20N4O4S/c1-17-16(21)12-3-5-14(6-4-12)25(22,23)20-7-8-24-15(11-20)13-9-18-19(2)10-13/h3-6,9-10,15H,7-8,11H2,1-2H3,(H,17,21)/t15-/m0/s1. The molecule has 2 aromatic rings. The van der Waals surface area contributed by atoms with Gasteiger partial charge in [0.05, 0.1) is 23.8 Å². The predicted molar refractivity (Wildman–Crippen MR) is 90.5 cm³/mol. The van der Waals surface area contributed by atoms with E-state index in [0.29, 0.717) is 12.2 Å². The van der Waals surface area contributed by atoms with Crippen LogP contribution in [0.25, 0.3) is 0 Å². The number of nitrogens with zero attached hydrogens (tertiary/aromatic N) is 3. The summed E-state index contributed by atoms with van der Waals surface area (Å²) in [4.78, 5) is 11.7. The van der Waals surface area contributed by atoms with Gasteiger partial charge in [0.25, 0.3) is 5.91 Å². The van der Waals surface area contributed by atoms with Crippen LogP contribution in [0.3, 0.4) is 0 Å². The van der Waals surface area contributed by atoms with Gasteiger partial charge in [-0.05, 0) is 24.3 Å². The lowest BCUT2D eigenvalue weighted by Gasteiger charge is -2.31. The van der Waals surface area contributed by atoms with Crippen LogP contribution in [0, 0.1) is 0 Å². The molecule has 1 fully saturated rings. The highest BCUT2D eigenvalue weighted by Gasteiger charge is 2.32. The van der Waals surface area contributed by atoms with Crippen molar-refractivity contribution in [3.8, 4) is 0 Å². The predicted octanol–water partition coefficient (Wildman–Crippen LogP) is 0.542. The molecule has 134 valence electrons. The number of carbonyl (C=O) groups excluding carboxylic acids is 1. The number of nitrogens with one attached hydrogen (secondary N) is 1. The lowest BCUT2D eigenvalue weighted by atomic mass is 10.2. The first-order valence-corrected chi connectivity index (χ1v) is 9.28. The first-order valence-electron chi connectivity index (χ1n) is 7.84. The van der Waals surface area contributed by atoms with Gasteiger partial charge in [0.15, 0.2) is 0 Å². The molecule has 1 N–H and O–H groups in total. The zero-order chi connectivity index (χ0) is 18.0. The minimum Gasteiger partial charge on any atom is -0.371 e. The van der Waals surface area contributed by atoms with Crippen LogP contribution in [0.4, 0.5) is 0 Å². The highest BCUT2D eigenvalue weighted by atomic mass is 32.2. The fraction of sp³-hybridized carbons (Fsp3) is 0.375. The summed E-state index contributed by atoms with van der Waals surface area (Å²) in [6.45, 7) is 0.830. The first kappa shape index (κ1) is 17.6. The molecule has 0 aliphatic carbocycles. The molecule has 1 saturated heterocycles. The average Bonchev–Trinajstić information content (AvgIpc) is 3.07. The van der Waals surface area contributed by atoms with Crippen molar-refractivity contribution >= 4 is 15.9 Å². The minimum atomic E-state index is -3.65. The van der Waals surface area contributed by atoms with Gasteiger partial charge >= 0.3 is 0 Å². The SMILES string of the molecule is CNC(=O)c1ccc(S(=O)(=O)N2CCO[C@H](c3cnn(C)c3)C2)cc1. The van der Waals surface area contributed by atoms with Crippen LogP contribution in [0.15, 0.2) is 41.6 Å². The van der Waals surface area contributed by atoms with E-state index in [1.54, 1.807) is 17.9 Å². The van der Waals surface area contributed by atoms with Crippen LogP contribution in [-0.2, 0) is 21.8 Å². The van der Waals surface area contributed by atoms with Gasteiger partial charge < -0.3 is 10.1 Å². The topological polar surface area (TPSA) is 93.5 Å². The Morgan fingerprint density at radius 1 is 1.32 bits per heavy atom. The Bertz CT molecular complexity index is 861. The van der Waals surface area contributed by atoms with E-state index in [1.807, 2.05) is 6.20 Å². The van der Waals surface area contributed by atoms with E-state index in [4.69, 9.17) is 4.74 Å². The number of aryl methyl sites for hydroxylation is 1. The molecular weight excluding hydrogens is 344 g/mol. The Hall–Kier alpha value is -2.23. The van der Waals surface area contributed by atoms with Gasteiger partial charge in [-0.3, -0.25) is 9.48 Å². The van der Waals surface area contributed by atoms with E-state index >= 15 is 0 Å². The number of amides is 1. The summed E-state index contributed by atoms with van der Waals surface area (Å²) in [7, 11) is -0.323. The summed E-state index contributed by atoms with van der Waals surface area (Å²) >= 11 is 0. The fourth-order valence-electron chi connectivity index (χ4n) is 2.72. The third kappa shape index (κ3) is 3.58. The maximum Gasteiger partial charge on any atom is 0.251 e. The molecule has 9 heteroatoms. The van der Waals surface area contributed by atoms with Gasteiger partial charge in [0.1, 0.15) is 0 Å². The Labute approximate surface area is 146 Å². The van der Waals surface area contributed by atoms with Crippen molar-refractivity contribution in [2.24, 2.45) is 7.05 Å². The molecule has 1 aromatic carbocycles. The van der Waals surface area contributed by atoms with Crippen molar-refractivity contribution in [2.45, 2.75) is 11.0 Å². The minimum absolute atomic E-state index is 0.159. The molecule has 0 saturated carbocycles. The monoisotopic (exact) mass is 364 g/mol. The molecule has 0 unspecified atom stereocenters. The van der Waals surface area contributed by atoms with Gasteiger partial charge in [0, 0.05) is 44.5 Å². The average molecular weight is 364 g/mol. The largest absolute Gasteiger partial charge is 0.371 e. The van der Waals surface area contributed by atoms with Crippen LogP contribution in [-0.4, -0.2) is 55.2 Å². The first-order chi connectivity index (χ1) is 11.9. The summed E-state index contributed by atoms with van der Waals surface area (Å²) in [6, 6.07) is 5.92. The maximum atomic E-state index is 12.9. The van der Waals surface area contributed by atoms with Crippen molar-refractivity contribution in [1.82, 2.24) is 19.4 Å². The number of aromatic nitrogens is 2. The lowest BCUT2D eigenvalue weighted by Crippen LogP contribution is -2.42. The van der Waals surface area contributed by atoms with E-state index in [2.05, 4.69) is 10.4 Å². The van der Waals surface area contributed by atoms with Crippen LogP contribution in [0.1, 0.15) is 22.0 Å². The normalized spacial score (nSPS) is 18.9. The highest BCUT2D eigenvalue weighted by Crippen LogP contribution is 2.26. The van der Waals surface area contributed by atoms with Crippen molar-refractivity contribution in [3.05, 3.63) is 47.8 Å². The second kappa shape index (κ2) is 6.95. The Kier molecular flexibility index (Phi) is 4.89. The van der Waals surface area contributed by atoms with Crippen LogP contribution >= 0.6 is 0 Å². The number of sulfonamides is 1. The molecule has 0 bridgehead atoms. The Morgan fingerprint density at radius 2 is 2.04 bits per heavy atom. The van der Waals surface area contributed by atoms with E-state index in [1.165, 1.54) is 35.6 Å². The molecule has 1 aromatic heterocycles. The number of hydrogen-bond acceptors (Lipinski definition) is 5. The second-order valence-electron chi connectivity index (χ2n) is 5.77. The van der Waals surface area contributed by atoms with Crippen molar-refractivity contribution < 1.29 is 17.9 Å². The maximum absolute atomic E-state index is 12.9. The van der Waals surface area contributed by atoms with Crippen molar-refractivity contribution in [1.29, 1.82) is 0 Å². The number of rotatable bonds is 4.